The van der Waals surface area contributed by atoms with Crippen molar-refractivity contribution in [2.24, 2.45) is 11.8 Å². The van der Waals surface area contributed by atoms with Crippen LogP contribution in [0, 0.1) is 11.8 Å². The van der Waals surface area contributed by atoms with Crippen molar-refractivity contribution in [3.63, 3.8) is 0 Å². The number of nitrogens with one attached hydrogen (secondary N) is 1. The van der Waals surface area contributed by atoms with Crippen molar-refractivity contribution in [1.82, 2.24) is 5.32 Å². The van der Waals surface area contributed by atoms with Gasteiger partial charge in [-0.1, -0.05) is 31.5 Å². The Labute approximate surface area is 121 Å². The molecule has 2 atom stereocenters. The first kappa shape index (κ1) is 14.7. The summed E-state index contributed by atoms with van der Waals surface area (Å²) in [5, 5.41) is 3.94. The van der Waals surface area contributed by atoms with Gasteiger partial charge in [-0.3, -0.25) is 0 Å². The molecule has 19 heavy (non-hydrogen) atoms. The highest BCUT2D eigenvalue weighted by Crippen LogP contribution is 2.33. The van der Waals surface area contributed by atoms with E-state index in [1.54, 1.807) is 0 Å². The minimum absolute atomic E-state index is 0.327. The van der Waals surface area contributed by atoms with Gasteiger partial charge in [-0.2, -0.15) is 0 Å². The lowest BCUT2D eigenvalue weighted by atomic mass is 9.82. The van der Waals surface area contributed by atoms with Gasteiger partial charge in [0, 0.05) is 17.1 Å². The fraction of sp³-hybridized carbons (Fsp3) is 0.625. The number of hydrogen-bond acceptors (Lipinski definition) is 2. The summed E-state index contributed by atoms with van der Waals surface area (Å²) in [5.74, 6) is 2.44. The number of benzene rings is 1. The van der Waals surface area contributed by atoms with Crippen molar-refractivity contribution >= 4 is 11.6 Å². The highest BCUT2D eigenvalue weighted by atomic mass is 35.5. The van der Waals surface area contributed by atoms with Crippen molar-refractivity contribution in [2.45, 2.75) is 45.8 Å². The van der Waals surface area contributed by atoms with Gasteiger partial charge in [-0.25, -0.2) is 0 Å². The molecule has 0 heterocycles. The van der Waals surface area contributed by atoms with Crippen LogP contribution in [0.1, 0.15) is 38.7 Å². The normalized spacial score (nSPS) is 27.3. The fourth-order valence-corrected chi connectivity index (χ4v) is 3.38. The molecule has 0 amide bonds. The maximum Gasteiger partial charge on any atom is 0.125 e. The van der Waals surface area contributed by atoms with Gasteiger partial charge in [0.1, 0.15) is 5.75 Å². The van der Waals surface area contributed by atoms with Crippen LogP contribution in [0.3, 0.4) is 0 Å². The second-order valence-electron chi connectivity index (χ2n) is 5.90. The molecule has 2 rings (SSSR count). The number of rotatable bonds is 4. The second kappa shape index (κ2) is 6.62. The average molecular weight is 282 g/mol. The van der Waals surface area contributed by atoms with Gasteiger partial charge < -0.3 is 10.1 Å². The van der Waals surface area contributed by atoms with Gasteiger partial charge in [-0.05, 0) is 50.3 Å². The topological polar surface area (TPSA) is 21.3 Å². The van der Waals surface area contributed by atoms with Crippen molar-refractivity contribution < 1.29 is 4.74 Å². The molecular weight excluding hydrogens is 258 g/mol. The van der Waals surface area contributed by atoms with E-state index in [1.165, 1.54) is 6.42 Å². The van der Waals surface area contributed by atoms with E-state index >= 15 is 0 Å². The Morgan fingerprint density at radius 3 is 2.53 bits per heavy atom. The minimum Gasteiger partial charge on any atom is -0.490 e. The van der Waals surface area contributed by atoms with E-state index < -0.39 is 0 Å². The number of halogens is 1. The Kier molecular flexibility index (Phi) is 5.12. The van der Waals surface area contributed by atoms with Crippen LogP contribution < -0.4 is 10.1 Å². The van der Waals surface area contributed by atoms with E-state index in [0.29, 0.717) is 6.10 Å². The van der Waals surface area contributed by atoms with Crippen LogP contribution in [0.2, 0.25) is 5.02 Å². The van der Waals surface area contributed by atoms with Gasteiger partial charge in [0.05, 0.1) is 6.10 Å². The number of ether oxygens (including phenoxy) is 1. The summed E-state index contributed by atoms with van der Waals surface area (Å²) in [6.07, 6.45) is 3.94. The Morgan fingerprint density at radius 2 is 1.89 bits per heavy atom. The van der Waals surface area contributed by atoms with Crippen LogP contribution in [0.4, 0.5) is 0 Å². The first-order valence-electron chi connectivity index (χ1n) is 7.18. The van der Waals surface area contributed by atoms with Gasteiger partial charge >= 0.3 is 0 Å². The molecular formula is C16H24ClNO. The highest BCUT2D eigenvalue weighted by molar-refractivity contribution is 6.31. The molecule has 0 aromatic heterocycles. The zero-order chi connectivity index (χ0) is 13.8. The molecule has 1 saturated carbocycles. The van der Waals surface area contributed by atoms with E-state index in [1.807, 2.05) is 25.2 Å². The summed E-state index contributed by atoms with van der Waals surface area (Å²) in [4.78, 5) is 0. The molecule has 106 valence electrons. The van der Waals surface area contributed by atoms with E-state index in [9.17, 15) is 0 Å². The van der Waals surface area contributed by atoms with E-state index in [-0.39, 0.29) is 0 Å². The summed E-state index contributed by atoms with van der Waals surface area (Å²) >= 11 is 6.26. The summed E-state index contributed by atoms with van der Waals surface area (Å²) in [6.45, 7) is 5.38. The molecule has 1 aromatic carbocycles. The summed E-state index contributed by atoms with van der Waals surface area (Å²) in [7, 11) is 1.93. The Bertz CT molecular complexity index is 411. The molecule has 1 aliphatic rings. The molecule has 1 aliphatic carbocycles. The van der Waals surface area contributed by atoms with Crippen LogP contribution in [-0.4, -0.2) is 13.2 Å². The van der Waals surface area contributed by atoms with Crippen LogP contribution >= 0.6 is 11.6 Å². The third-order valence-electron chi connectivity index (χ3n) is 3.86. The lowest BCUT2D eigenvalue weighted by molar-refractivity contribution is 0.1000. The first-order chi connectivity index (χ1) is 9.10. The smallest absolute Gasteiger partial charge is 0.125 e. The van der Waals surface area contributed by atoms with Crippen molar-refractivity contribution in [2.75, 3.05) is 7.05 Å². The van der Waals surface area contributed by atoms with Gasteiger partial charge in [0.25, 0.3) is 0 Å². The SMILES string of the molecule is CNCc1c(Cl)cccc1OC1CC(C)CC(C)C1. The Balaban J connectivity index is 2.12. The standard InChI is InChI=1S/C16H24ClNO/c1-11-7-12(2)9-13(8-11)19-16-6-4-5-15(17)14(16)10-18-3/h4-6,11-13,18H,7-10H2,1-3H3. The quantitative estimate of drug-likeness (QED) is 0.890. The molecule has 0 bridgehead atoms. The van der Waals surface area contributed by atoms with Crippen LogP contribution in [0.25, 0.3) is 0 Å². The molecule has 1 N–H and O–H groups in total. The van der Waals surface area contributed by atoms with E-state index in [4.69, 9.17) is 16.3 Å². The molecule has 1 aromatic rings. The fourth-order valence-electron chi connectivity index (χ4n) is 3.15. The minimum atomic E-state index is 0.327. The van der Waals surface area contributed by atoms with Gasteiger partial charge in [0.2, 0.25) is 0 Å². The largest absolute Gasteiger partial charge is 0.490 e. The molecule has 0 radical (unpaired) electrons. The predicted octanol–water partition coefficient (Wildman–Crippen LogP) is 4.26. The van der Waals surface area contributed by atoms with Crippen LogP contribution in [-0.2, 0) is 6.54 Å². The Hall–Kier alpha value is -0.730. The number of hydrogen-bond donors (Lipinski definition) is 1. The molecule has 0 aliphatic heterocycles. The van der Waals surface area contributed by atoms with Crippen molar-refractivity contribution in [1.29, 1.82) is 0 Å². The molecule has 0 saturated heterocycles. The molecule has 1 fully saturated rings. The lowest BCUT2D eigenvalue weighted by Crippen LogP contribution is -2.29. The first-order valence-corrected chi connectivity index (χ1v) is 7.56. The molecule has 2 nitrogen and oxygen atoms in total. The summed E-state index contributed by atoms with van der Waals surface area (Å²) < 4.78 is 6.24. The predicted molar refractivity (Wildman–Crippen MR) is 80.8 cm³/mol. The maximum atomic E-state index is 6.26. The van der Waals surface area contributed by atoms with Crippen molar-refractivity contribution in [3.8, 4) is 5.75 Å². The lowest BCUT2D eigenvalue weighted by Gasteiger charge is -2.32. The van der Waals surface area contributed by atoms with Crippen LogP contribution in [0.15, 0.2) is 18.2 Å². The van der Waals surface area contributed by atoms with Crippen molar-refractivity contribution in [3.05, 3.63) is 28.8 Å². The van der Waals surface area contributed by atoms with E-state index in [0.717, 1.165) is 47.6 Å². The highest BCUT2D eigenvalue weighted by Gasteiger charge is 2.25. The zero-order valence-corrected chi connectivity index (χ0v) is 12.8. The second-order valence-corrected chi connectivity index (χ2v) is 6.31. The van der Waals surface area contributed by atoms with Gasteiger partial charge in [0.15, 0.2) is 0 Å². The monoisotopic (exact) mass is 281 g/mol. The third kappa shape index (κ3) is 3.87. The molecule has 0 spiro atoms. The van der Waals surface area contributed by atoms with E-state index in [2.05, 4.69) is 19.2 Å². The summed E-state index contributed by atoms with van der Waals surface area (Å²) in [6, 6.07) is 5.92. The summed E-state index contributed by atoms with van der Waals surface area (Å²) in [5.41, 5.74) is 1.07. The van der Waals surface area contributed by atoms with Crippen LogP contribution in [0.5, 0.6) is 5.75 Å². The third-order valence-corrected chi connectivity index (χ3v) is 4.21. The zero-order valence-electron chi connectivity index (χ0n) is 12.1. The molecule has 3 heteroatoms. The Morgan fingerprint density at radius 1 is 1.21 bits per heavy atom. The maximum absolute atomic E-state index is 6.26. The average Bonchev–Trinajstić information content (AvgIpc) is 2.32. The van der Waals surface area contributed by atoms with Gasteiger partial charge in [-0.15, -0.1) is 0 Å². The molecule has 2 unspecified atom stereocenters.